The van der Waals surface area contributed by atoms with E-state index in [0.29, 0.717) is 28.0 Å². The first-order valence-corrected chi connectivity index (χ1v) is 25.3. The second-order valence-electron chi connectivity index (χ2n) is 21.8. The molecule has 3 heterocycles. The van der Waals surface area contributed by atoms with Crippen molar-refractivity contribution in [2.45, 2.75) is 72.1 Å². The van der Waals surface area contributed by atoms with Crippen LogP contribution < -0.4 is 14.5 Å². The Bertz CT molecular complexity index is 4090. The monoisotopic (exact) mass is 1290 g/mol. The summed E-state index contributed by atoms with van der Waals surface area (Å²) in [6.07, 6.45) is 1.75. The van der Waals surface area contributed by atoms with E-state index in [9.17, 15) is 8.78 Å². The first kappa shape index (κ1) is 55.0. The Hall–Kier alpha value is -7.90. The SMILES string of the molecule is [2H]C(C)(C)c1ccccc1-c1cc(Oc2[c-]c3c(cc2)c2ccccc2n3-c2cc(C(C)(C)C)ccn2)[c-]c(N2[CH-]N(c3c(-c4c(F)c(F)c(F)c(F)c4F)cc(C(C)(C)C)cc3-c3c(F)c(F)c(F)c(F)c3F)c3ccccc32)c1.[Pt]. The maximum absolute atomic E-state index is 16.4. The van der Waals surface area contributed by atoms with Gasteiger partial charge in [0.1, 0.15) is 5.82 Å². The summed E-state index contributed by atoms with van der Waals surface area (Å²) in [7, 11) is 0. The van der Waals surface area contributed by atoms with E-state index < -0.39 is 97.4 Å². The van der Waals surface area contributed by atoms with Gasteiger partial charge in [-0.25, -0.2) is 48.9 Å². The van der Waals surface area contributed by atoms with Crippen molar-refractivity contribution in [3.05, 3.63) is 221 Å². The molecule has 0 aliphatic carbocycles. The molecule has 0 unspecified atom stereocenters. The van der Waals surface area contributed by atoms with Gasteiger partial charge in [-0.15, -0.1) is 53.6 Å². The topological polar surface area (TPSA) is 33.5 Å². The molecular formula is C65H47F10N4OPt-3. The predicted molar refractivity (Wildman–Crippen MR) is 292 cm³/mol. The number of ether oxygens (including phenoxy) is 1. The van der Waals surface area contributed by atoms with Gasteiger partial charge in [0.05, 0.1) is 11.1 Å². The van der Waals surface area contributed by atoms with Crippen molar-refractivity contribution in [1.29, 1.82) is 0 Å². The first-order chi connectivity index (χ1) is 38.2. The number of hydrogen-bond acceptors (Lipinski definition) is 4. The van der Waals surface area contributed by atoms with Crippen molar-refractivity contribution >= 4 is 44.6 Å². The van der Waals surface area contributed by atoms with E-state index in [2.05, 4.69) is 32.9 Å². The molecule has 0 saturated carbocycles. The van der Waals surface area contributed by atoms with Crippen molar-refractivity contribution in [2.75, 3.05) is 9.80 Å². The van der Waals surface area contributed by atoms with E-state index in [-0.39, 0.29) is 60.6 Å². The van der Waals surface area contributed by atoms with E-state index in [1.165, 1.54) is 23.7 Å². The molecule has 0 N–H and O–H groups in total. The van der Waals surface area contributed by atoms with Crippen molar-refractivity contribution in [2.24, 2.45) is 0 Å². The van der Waals surface area contributed by atoms with Gasteiger partial charge in [0.15, 0.2) is 46.5 Å². The molecule has 0 radical (unpaired) electrons. The van der Waals surface area contributed by atoms with Gasteiger partial charge < -0.3 is 19.1 Å². The Morgan fingerprint density at radius 3 is 1.64 bits per heavy atom. The zero-order valence-corrected chi connectivity index (χ0v) is 46.8. The number of anilines is 4. The summed E-state index contributed by atoms with van der Waals surface area (Å²) in [6, 6.07) is 41.0. The molecule has 16 heteroatoms. The van der Waals surface area contributed by atoms with Crippen molar-refractivity contribution in [3.63, 3.8) is 0 Å². The van der Waals surface area contributed by atoms with Gasteiger partial charge in [-0.3, -0.25) is 0 Å². The normalized spacial score (nSPS) is 13.0. The van der Waals surface area contributed by atoms with Gasteiger partial charge in [-0.05, 0) is 86.8 Å². The molecule has 0 atom stereocenters. The number of benzene rings is 8. The van der Waals surface area contributed by atoms with Crippen LogP contribution in [0.3, 0.4) is 0 Å². The summed E-state index contributed by atoms with van der Waals surface area (Å²) in [5, 5.41) is 1.77. The van der Waals surface area contributed by atoms with Crippen molar-refractivity contribution < 1.29 is 71.1 Å². The number of hydrogen-bond donors (Lipinski definition) is 0. The minimum absolute atomic E-state index is 0. The molecule has 8 aromatic carbocycles. The largest absolute Gasteiger partial charge is 0.509 e. The summed E-state index contributed by atoms with van der Waals surface area (Å²) < 4.78 is 175. The zero-order valence-electron chi connectivity index (χ0n) is 45.5. The smallest absolute Gasteiger partial charge is 0.200 e. The van der Waals surface area contributed by atoms with Gasteiger partial charge >= 0.3 is 0 Å². The van der Waals surface area contributed by atoms with Gasteiger partial charge in [-0.2, -0.15) is 6.07 Å². The van der Waals surface area contributed by atoms with E-state index in [0.717, 1.165) is 38.9 Å². The molecule has 1 aliphatic heterocycles. The molecular weight excluding hydrogens is 1240 g/mol. The first-order valence-electron chi connectivity index (χ1n) is 25.8. The van der Waals surface area contributed by atoms with E-state index in [1.54, 1.807) is 95.4 Å². The summed E-state index contributed by atoms with van der Waals surface area (Å²) in [5.41, 5.74) is -2.36. The summed E-state index contributed by atoms with van der Waals surface area (Å²) in [6.45, 7) is 15.7. The Labute approximate surface area is 476 Å². The Balaban J connectivity index is 0.00000753. The zero-order chi connectivity index (χ0) is 57.9. The number of fused-ring (bicyclic) bond motifs is 4. The molecule has 416 valence electrons. The Kier molecular flexibility index (Phi) is 14.2. The third-order valence-corrected chi connectivity index (χ3v) is 14.3. The Morgan fingerprint density at radius 2 is 1.06 bits per heavy atom. The minimum Gasteiger partial charge on any atom is -0.509 e. The van der Waals surface area contributed by atoms with Crippen LogP contribution in [0.2, 0.25) is 0 Å². The fraction of sp³-hybridized carbons (Fsp3) is 0.169. The summed E-state index contributed by atoms with van der Waals surface area (Å²) >= 11 is 0. The van der Waals surface area contributed by atoms with Gasteiger partial charge in [0, 0.05) is 73.8 Å². The molecule has 10 aromatic rings. The number of halogens is 10. The number of pyridine rings is 1. The molecule has 2 aromatic heterocycles. The molecule has 0 saturated heterocycles. The van der Waals surface area contributed by atoms with Crippen molar-refractivity contribution in [1.82, 2.24) is 9.55 Å². The molecule has 0 bridgehead atoms. The van der Waals surface area contributed by atoms with Crippen molar-refractivity contribution in [3.8, 4) is 50.7 Å². The number of para-hydroxylation sites is 3. The number of nitrogens with zero attached hydrogens (tertiary/aromatic N) is 4. The third-order valence-electron chi connectivity index (χ3n) is 14.3. The van der Waals surface area contributed by atoms with Crippen LogP contribution in [0.15, 0.2) is 128 Å². The van der Waals surface area contributed by atoms with Crippen LogP contribution in [0.4, 0.5) is 66.7 Å². The van der Waals surface area contributed by atoms with Crippen LogP contribution >= 0.6 is 0 Å². The van der Waals surface area contributed by atoms with Gasteiger partial charge in [0.25, 0.3) is 0 Å². The molecule has 1 aliphatic rings. The molecule has 81 heavy (non-hydrogen) atoms. The maximum Gasteiger partial charge on any atom is 0.200 e. The van der Waals surface area contributed by atoms with Crippen LogP contribution in [0.1, 0.15) is 79.3 Å². The minimum atomic E-state index is -2.50. The van der Waals surface area contributed by atoms with Crippen LogP contribution in [-0.4, -0.2) is 9.55 Å². The van der Waals surface area contributed by atoms with E-state index in [1.807, 2.05) is 47.0 Å². The maximum atomic E-state index is 16.4. The molecule has 0 fully saturated rings. The molecule has 11 rings (SSSR count). The van der Waals surface area contributed by atoms with E-state index >= 15 is 35.1 Å². The molecule has 5 nitrogen and oxygen atoms in total. The quantitative estimate of drug-likeness (QED) is 0.0624. The molecule has 0 spiro atoms. The average Bonchev–Trinajstić information content (AvgIpc) is 1.91. The second-order valence-corrected chi connectivity index (χ2v) is 21.8. The van der Waals surface area contributed by atoms with Crippen LogP contribution in [-0.2, 0) is 31.9 Å². The van der Waals surface area contributed by atoms with Crippen LogP contribution in [0.25, 0.3) is 61.0 Å². The Morgan fingerprint density at radius 1 is 0.531 bits per heavy atom. The van der Waals surface area contributed by atoms with Gasteiger partial charge in [0.2, 0.25) is 11.6 Å². The average molecular weight is 1290 g/mol. The predicted octanol–water partition coefficient (Wildman–Crippen LogP) is 19.1. The molecule has 0 amide bonds. The fourth-order valence-corrected chi connectivity index (χ4v) is 10.2. The summed E-state index contributed by atoms with van der Waals surface area (Å²) in [4.78, 5) is 7.37. The van der Waals surface area contributed by atoms with Crippen LogP contribution in [0.5, 0.6) is 11.5 Å². The standard InChI is InChI=1S/C65H47F10N4O.Pt/c1-33(2)40-15-9-10-16-41(40)34-25-37(30-39(26-34)80-38-21-22-43-42-17-11-12-18-46(42)79(49(43)31-38)50-29-35(23-24-76-50)64(3,4)5)77-32-78(48-20-14-13-19-47(48)77)63-44(51-53(66)57(70)61(74)58(71)54(51)67)27-36(65(6,7)8)28-45(63)52-55(68)59(72)62(75)60(73)56(52)69;/h9-29,32-33H,1-8H3;/q-3;/i33D;. The van der Waals surface area contributed by atoms with Gasteiger partial charge in [-0.1, -0.05) is 116 Å². The summed E-state index contributed by atoms with van der Waals surface area (Å²) in [5.74, 6) is -24.0. The van der Waals surface area contributed by atoms with E-state index in [4.69, 9.17) is 11.1 Å². The van der Waals surface area contributed by atoms with Crippen LogP contribution in [0, 0.1) is 77.0 Å². The number of rotatable bonds is 9. The second kappa shape index (κ2) is 20.9. The number of aromatic nitrogens is 2. The fourth-order valence-electron chi connectivity index (χ4n) is 10.2. The third kappa shape index (κ3) is 9.60.